The van der Waals surface area contributed by atoms with Crippen molar-refractivity contribution in [3.63, 3.8) is 0 Å². The standard InChI is InChI=1S/C12H16ClN3S/c1-12(2,7-14)5-11-15-6-8(16-11)9-3-4-10(13)17-9/h3-4,6H,5,7,14H2,1-2H3,(H,15,16). The van der Waals surface area contributed by atoms with Crippen LogP contribution < -0.4 is 5.73 Å². The van der Waals surface area contributed by atoms with Gasteiger partial charge in [-0.1, -0.05) is 25.4 Å². The molecular formula is C12H16ClN3S. The predicted octanol–water partition coefficient (Wildman–Crippen LogP) is 3.32. The predicted molar refractivity (Wildman–Crippen MR) is 73.5 cm³/mol. The highest BCUT2D eigenvalue weighted by molar-refractivity contribution is 7.19. The maximum atomic E-state index is 5.91. The third-order valence-electron chi connectivity index (χ3n) is 2.67. The summed E-state index contributed by atoms with van der Waals surface area (Å²) in [5.74, 6) is 0.972. The number of nitrogens with one attached hydrogen (secondary N) is 1. The lowest BCUT2D eigenvalue weighted by atomic mass is 9.89. The Morgan fingerprint density at radius 1 is 1.47 bits per heavy atom. The van der Waals surface area contributed by atoms with Crippen molar-refractivity contribution in [3.8, 4) is 10.6 Å². The number of hydrogen-bond donors (Lipinski definition) is 2. The van der Waals surface area contributed by atoms with Gasteiger partial charge in [-0.15, -0.1) is 11.3 Å². The van der Waals surface area contributed by atoms with Gasteiger partial charge in [0.05, 0.1) is 21.1 Å². The smallest absolute Gasteiger partial charge is 0.107 e. The Balaban J connectivity index is 2.16. The van der Waals surface area contributed by atoms with Crippen LogP contribution in [0, 0.1) is 5.41 Å². The number of nitrogens with zero attached hydrogens (tertiary/aromatic N) is 1. The Morgan fingerprint density at radius 3 is 2.82 bits per heavy atom. The molecule has 0 bridgehead atoms. The summed E-state index contributed by atoms with van der Waals surface area (Å²) < 4.78 is 0.790. The molecule has 0 aliphatic heterocycles. The summed E-state index contributed by atoms with van der Waals surface area (Å²) in [5.41, 5.74) is 6.81. The normalized spacial score (nSPS) is 12.0. The number of aromatic nitrogens is 2. The number of rotatable bonds is 4. The molecule has 2 rings (SSSR count). The summed E-state index contributed by atoms with van der Waals surface area (Å²) >= 11 is 7.46. The van der Waals surface area contributed by atoms with E-state index in [2.05, 4.69) is 23.8 Å². The van der Waals surface area contributed by atoms with Crippen LogP contribution in [-0.2, 0) is 6.42 Å². The molecule has 3 N–H and O–H groups in total. The Bertz CT molecular complexity index is 501. The Hall–Kier alpha value is -0.840. The van der Waals surface area contributed by atoms with Crippen LogP contribution in [0.3, 0.4) is 0 Å². The summed E-state index contributed by atoms with van der Waals surface area (Å²) in [4.78, 5) is 8.82. The zero-order valence-electron chi connectivity index (χ0n) is 9.96. The minimum Gasteiger partial charge on any atom is -0.341 e. The molecule has 0 fully saturated rings. The number of H-pyrrole nitrogens is 1. The first-order valence-electron chi connectivity index (χ1n) is 5.50. The van der Waals surface area contributed by atoms with Crippen molar-refractivity contribution in [1.82, 2.24) is 9.97 Å². The van der Waals surface area contributed by atoms with Crippen LogP contribution in [0.4, 0.5) is 0 Å². The maximum absolute atomic E-state index is 5.91. The third-order valence-corrected chi connectivity index (χ3v) is 3.93. The lowest BCUT2D eigenvalue weighted by molar-refractivity contribution is 0.369. The van der Waals surface area contributed by atoms with E-state index in [1.54, 1.807) is 11.3 Å². The summed E-state index contributed by atoms with van der Waals surface area (Å²) in [6.07, 6.45) is 2.70. The molecule has 0 aliphatic carbocycles. The van der Waals surface area contributed by atoms with Crippen LogP contribution in [-0.4, -0.2) is 16.5 Å². The first kappa shape index (κ1) is 12.6. The van der Waals surface area contributed by atoms with E-state index < -0.39 is 0 Å². The molecule has 2 aromatic rings. The van der Waals surface area contributed by atoms with Gasteiger partial charge in [-0.3, -0.25) is 0 Å². The second kappa shape index (κ2) is 4.80. The third kappa shape index (κ3) is 3.09. The zero-order chi connectivity index (χ0) is 12.5. The average Bonchev–Trinajstić information content (AvgIpc) is 2.86. The SMILES string of the molecule is CC(C)(CN)Cc1ncc(-c2ccc(Cl)s2)[nH]1. The van der Waals surface area contributed by atoms with E-state index in [1.807, 2.05) is 18.3 Å². The molecule has 2 heterocycles. The molecule has 0 aromatic carbocycles. The van der Waals surface area contributed by atoms with Gasteiger partial charge in [0.1, 0.15) is 5.82 Å². The number of nitrogens with two attached hydrogens (primary N) is 1. The van der Waals surface area contributed by atoms with Gasteiger partial charge in [0.2, 0.25) is 0 Å². The molecule has 0 radical (unpaired) electrons. The highest BCUT2D eigenvalue weighted by Crippen LogP contribution is 2.30. The molecule has 2 aromatic heterocycles. The number of hydrogen-bond acceptors (Lipinski definition) is 3. The summed E-state index contributed by atoms with van der Waals surface area (Å²) in [6.45, 7) is 4.92. The van der Waals surface area contributed by atoms with Crippen molar-refractivity contribution in [2.24, 2.45) is 11.1 Å². The second-order valence-electron chi connectivity index (χ2n) is 4.89. The summed E-state index contributed by atoms with van der Waals surface area (Å²) in [5, 5.41) is 0. The Morgan fingerprint density at radius 2 is 2.24 bits per heavy atom. The van der Waals surface area contributed by atoms with Crippen molar-refractivity contribution >= 4 is 22.9 Å². The van der Waals surface area contributed by atoms with E-state index in [0.717, 1.165) is 27.2 Å². The first-order chi connectivity index (χ1) is 8.00. The van der Waals surface area contributed by atoms with Crippen LogP contribution in [0.15, 0.2) is 18.3 Å². The van der Waals surface area contributed by atoms with E-state index in [-0.39, 0.29) is 5.41 Å². The molecule has 0 saturated carbocycles. The first-order valence-corrected chi connectivity index (χ1v) is 6.69. The fourth-order valence-corrected chi connectivity index (χ4v) is 2.57. The van der Waals surface area contributed by atoms with Crippen molar-refractivity contribution in [2.45, 2.75) is 20.3 Å². The van der Waals surface area contributed by atoms with Crippen molar-refractivity contribution in [2.75, 3.05) is 6.54 Å². The summed E-state index contributed by atoms with van der Waals surface area (Å²) in [7, 11) is 0. The molecule has 0 saturated heterocycles. The number of thiophene rings is 1. The van der Waals surface area contributed by atoms with E-state index >= 15 is 0 Å². The van der Waals surface area contributed by atoms with E-state index in [1.165, 1.54) is 0 Å². The molecule has 0 amide bonds. The van der Waals surface area contributed by atoms with E-state index in [9.17, 15) is 0 Å². The fourth-order valence-electron chi connectivity index (χ4n) is 1.56. The van der Waals surface area contributed by atoms with Gasteiger partial charge in [-0.05, 0) is 24.1 Å². The molecule has 0 unspecified atom stereocenters. The Labute approximate surface area is 110 Å². The lowest BCUT2D eigenvalue weighted by Gasteiger charge is -2.20. The minimum atomic E-state index is 0.0716. The largest absolute Gasteiger partial charge is 0.341 e. The van der Waals surface area contributed by atoms with Crippen LogP contribution in [0.2, 0.25) is 4.34 Å². The van der Waals surface area contributed by atoms with Gasteiger partial charge >= 0.3 is 0 Å². The quantitative estimate of drug-likeness (QED) is 0.895. The zero-order valence-corrected chi connectivity index (χ0v) is 11.5. The molecule has 0 spiro atoms. The van der Waals surface area contributed by atoms with Crippen molar-refractivity contribution in [3.05, 3.63) is 28.5 Å². The highest BCUT2D eigenvalue weighted by atomic mass is 35.5. The molecule has 17 heavy (non-hydrogen) atoms. The van der Waals surface area contributed by atoms with Gasteiger partial charge in [0.25, 0.3) is 0 Å². The number of imidazole rings is 1. The van der Waals surface area contributed by atoms with Gasteiger partial charge in [0.15, 0.2) is 0 Å². The topological polar surface area (TPSA) is 54.7 Å². The molecule has 5 heteroatoms. The fraction of sp³-hybridized carbons (Fsp3) is 0.417. The van der Waals surface area contributed by atoms with Crippen molar-refractivity contribution < 1.29 is 0 Å². The van der Waals surface area contributed by atoms with E-state index in [4.69, 9.17) is 17.3 Å². The highest BCUT2D eigenvalue weighted by Gasteiger charge is 2.18. The summed E-state index contributed by atoms with van der Waals surface area (Å²) in [6, 6.07) is 3.89. The maximum Gasteiger partial charge on any atom is 0.107 e. The average molecular weight is 270 g/mol. The minimum absolute atomic E-state index is 0.0716. The van der Waals surface area contributed by atoms with E-state index in [0.29, 0.717) is 6.54 Å². The van der Waals surface area contributed by atoms with Gasteiger partial charge in [-0.25, -0.2) is 4.98 Å². The van der Waals surface area contributed by atoms with Crippen LogP contribution in [0.5, 0.6) is 0 Å². The van der Waals surface area contributed by atoms with Crippen LogP contribution in [0.1, 0.15) is 19.7 Å². The van der Waals surface area contributed by atoms with Gasteiger partial charge in [0, 0.05) is 6.42 Å². The van der Waals surface area contributed by atoms with Gasteiger partial charge in [-0.2, -0.15) is 0 Å². The second-order valence-corrected chi connectivity index (χ2v) is 6.61. The molecular weight excluding hydrogens is 254 g/mol. The molecule has 0 atom stereocenters. The van der Waals surface area contributed by atoms with Crippen LogP contribution in [0.25, 0.3) is 10.6 Å². The molecule has 3 nitrogen and oxygen atoms in total. The number of halogens is 1. The molecule has 0 aliphatic rings. The monoisotopic (exact) mass is 269 g/mol. The number of aromatic amines is 1. The van der Waals surface area contributed by atoms with Gasteiger partial charge < -0.3 is 10.7 Å². The molecule has 92 valence electrons. The van der Waals surface area contributed by atoms with Crippen LogP contribution >= 0.6 is 22.9 Å². The lowest BCUT2D eigenvalue weighted by Crippen LogP contribution is -2.26. The van der Waals surface area contributed by atoms with Crippen molar-refractivity contribution in [1.29, 1.82) is 0 Å². The Kier molecular flexibility index (Phi) is 3.56.